The first-order valence-electron chi connectivity index (χ1n) is 6.69. The van der Waals surface area contributed by atoms with Crippen LogP contribution in [0.4, 0.5) is 5.69 Å². The minimum atomic E-state index is -0.387. The molecule has 0 unspecified atom stereocenters. The highest BCUT2D eigenvalue weighted by Gasteiger charge is 2.29. The number of nitrogens with one attached hydrogen (secondary N) is 1. The summed E-state index contributed by atoms with van der Waals surface area (Å²) < 4.78 is 6.67. The molecule has 6 heteroatoms. The number of rotatable bonds is 3. The first-order valence-corrected chi connectivity index (χ1v) is 7.51. The molecule has 5 nitrogen and oxygen atoms in total. The van der Waals surface area contributed by atoms with Gasteiger partial charge in [0.25, 0.3) is 5.91 Å². The molecule has 106 valence electrons. The molecule has 1 fully saturated rings. The number of carbonyl (C=O) groups excluding carboxylic acids is 1. The van der Waals surface area contributed by atoms with Crippen LogP contribution < -0.4 is 11.1 Å². The summed E-state index contributed by atoms with van der Waals surface area (Å²) in [7, 11) is 0. The van der Waals surface area contributed by atoms with Crippen molar-refractivity contribution in [2.24, 2.45) is 5.73 Å². The third-order valence-corrected chi connectivity index (χ3v) is 4.36. The molecule has 1 saturated heterocycles. The molecule has 2 heterocycles. The van der Waals surface area contributed by atoms with Gasteiger partial charge in [0.05, 0.1) is 21.3 Å². The van der Waals surface area contributed by atoms with E-state index in [1.807, 2.05) is 25.1 Å². The SMILES string of the molecule is Cc1nc2ccc(NC(=O)[C@@H]3CC[C@H](CN)O3)cc2s1. The Hall–Kier alpha value is -1.50. The van der Waals surface area contributed by atoms with Crippen molar-refractivity contribution in [2.75, 3.05) is 11.9 Å². The summed E-state index contributed by atoms with van der Waals surface area (Å²) in [6.45, 7) is 2.44. The Morgan fingerprint density at radius 3 is 3.15 bits per heavy atom. The third kappa shape index (κ3) is 2.67. The Morgan fingerprint density at radius 2 is 2.40 bits per heavy atom. The Morgan fingerprint density at radius 1 is 1.55 bits per heavy atom. The molecule has 2 atom stereocenters. The predicted molar refractivity (Wildman–Crippen MR) is 79.9 cm³/mol. The lowest BCUT2D eigenvalue weighted by Crippen LogP contribution is -2.29. The molecule has 1 aliphatic heterocycles. The van der Waals surface area contributed by atoms with Crippen molar-refractivity contribution in [1.82, 2.24) is 4.98 Å². The highest BCUT2D eigenvalue weighted by Crippen LogP contribution is 2.26. The number of anilines is 1. The van der Waals surface area contributed by atoms with E-state index in [9.17, 15) is 4.79 Å². The van der Waals surface area contributed by atoms with Gasteiger partial charge in [-0.05, 0) is 38.0 Å². The van der Waals surface area contributed by atoms with E-state index >= 15 is 0 Å². The first kappa shape index (κ1) is 13.5. The fourth-order valence-corrected chi connectivity index (χ4v) is 3.28. The lowest BCUT2D eigenvalue weighted by Gasteiger charge is -2.12. The second-order valence-corrected chi connectivity index (χ2v) is 6.20. The van der Waals surface area contributed by atoms with Crippen LogP contribution in [0.25, 0.3) is 10.2 Å². The molecule has 3 rings (SSSR count). The Labute approximate surface area is 121 Å². The van der Waals surface area contributed by atoms with Crippen LogP contribution in [0.1, 0.15) is 17.8 Å². The minimum absolute atomic E-state index is 0.0115. The molecule has 0 aliphatic carbocycles. The van der Waals surface area contributed by atoms with Gasteiger partial charge in [-0.15, -0.1) is 11.3 Å². The van der Waals surface area contributed by atoms with Crippen molar-refractivity contribution in [3.63, 3.8) is 0 Å². The lowest BCUT2D eigenvalue weighted by molar-refractivity contribution is -0.126. The number of ether oxygens (including phenoxy) is 1. The van der Waals surface area contributed by atoms with Crippen molar-refractivity contribution < 1.29 is 9.53 Å². The average Bonchev–Trinajstić information content (AvgIpc) is 3.03. The zero-order chi connectivity index (χ0) is 14.1. The number of benzene rings is 1. The second kappa shape index (κ2) is 5.47. The molecule has 1 aromatic carbocycles. The average molecular weight is 291 g/mol. The largest absolute Gasteiger partial charge is 0.364 e. The van der Waals surface area contributed by atoms with Gasteiger partial charge in [-0.2, -0.15) is 0 Å². The van der Waals surface area contributed by atoms with Crippen LogP contribution in [0.5, 0.6) is 0 Å². The molecule has 3 N–H and O–H groups in total. The smallest absolute Gasteiger partial charge is 0.253 e. The van der Waals surface area contributed by atoms with Gasteiger partial charge in [0.1, 0.15) is 6.10 Å². The highest BCUT2D eigenvalue weighted by atomic mass is 32.1. The van der Waals surface area contributed by atoms with Crippen molar-refractivity contribution in [3.05, 3.63) is 23.2 Å². The monoisotopic (exact) mass is 291 g/mol. The summed E-state index contributed by atoms with van der Waals surface area (Å²) in [6, 6.07) is 5.74. The molecule has 0 spiro atoms. The summed E-state index contributed by atoms with van der Waals surface area (Å²) in [4.78, 5) is 16.5. The van der Waals surface area contributed by atoms with Gasteiger partial charge in [0, 0.05) is 12.2 Å². The van der Waals surface area contributed by atoms with Gasteiger partial charge < -0.3 is 15.8 Å². The van der Waals surface area contributed by atoms with E-state index in [-0.39, 0.29) is 18.1 Å². The topological polar surface area (TPSA) is 77.2 Å². The standard InChI is InChI=1S/C14H17N3O2S/c1-8-16-11-4-2-9(6-13(11)20-8)17-14(18)12-5-3-10(7-15)19-12/h2,4,6,10,12H,3,5,7,15H2,1H3,(H,17,18)/t10-,12+/m1/s1. The highest BCUT2D eigenvalue weighted by molar-refractivity contribution is 7.18. The van der Waals surface area contributed by atoms with E-state index in [1.54, 1.807) is 11.3 Å². The minimum Gasteiger partial charge on any atom is -0.364 e. The van der Waals surface area contributed by atoms with Crippen LogP contribution in [-0.2, 0) is 9.53 Å². The fraction of sp³-hybridized carbons (Fsp3) is 0.429. The molecule has 1 aliphatic rings. The normalized spacial score (nSPS) is 22.3. The van der Waals surface area contributed by atoms with Crippen LogP contribution in [0.15, 0.2) is 18.2 Å². The molecule has 20 heavy (non-hydrogen) atoms. The lowest BCUT2D eigenvalue weighted by atomic mass is 10.2. The maximum Gasteiger partial charge on any atom is 0.253 e. The summed E-state index contributed by atoms with van der Waals surface area (Å²) in [5.41, 5.74) is 7.30. The molecule has 0 saturated carbocycles. The molecular weight excluding hydrogens is 274 g/mol. The van der Waals surface area contributed by atoms with Crippen LogP contribution in [0.2, 0.25) is 0 Å². The van der Waals surface area contributed by atoms with E-state index in [0.29, 0.717) is 6.54 Å². The van der Waals surface area contributed by atoms with Crippen LogP contribution >= 0.6 is 11.3 Å². The van der Waals surface area contributed by atoms with Gasteiger partial charge in [-0.1, -0.05) is 0 Å². The molecular formula is C14H17N3O2S. The Kier molecular flexibility index (Phi) is 3.69. The zero-order valence-electron chi connectivity index (χ0n) is 11.3. The summed E-state index contributed by atoms with van der Waals surface area (Å²) in [5.74, 6) is -0.0958. The number of aryl methyl sites for hydroxylation is 1. The zero-order valence-corrected chi connectivity index (χ0v) is 12.1. The number of fused-ring (bicyclic) bond motifs is 1. The molecule has 2 aromatic rings. The van der Waals surface area contributed by atoms with Gasteiger partial charge >= 0.3 is 0 Å². The van der Waals surface area contributed by atoms with Crippen LogP contribution in [0, 0.1) is 6.92 Å². The third-order valence-electron chi connectivity index (χ3n) is 3.43. The molecule has 1 amide bonds. The van der Waals surface area contributed by atoms with Crippen molar-refractivity contribution in [2.45, 2.75) is 32.0 Å². The number of carbonyl (C=O) groups is 1. The van der Waals surface area contributed by atoms with E-state index in [2.05, 4.69) is 10.3 Å². The van der Waals surface area contributed by atoms with Crippen LogP contribution in [-0.4, -0.2) is 29.6 Å². The van der Waals surface area contributed by atoms with Crippen molar-refractivity contribution in [3.8, 4) is 0 Å². The number of nitrogens with two attached hydrogens (primary N) is 1. The van der Waals surface area contributed by atoms with Crippen molar-refractivity contribution >= 4 is 33.1 Å². The quantitative estimate of drug-likeness (QED) is 0.907. The predicted octanol–water partition coefficient (Wildman–Crippen LogP) is 2.05. The number of nitrogens with zero attached hydrogens (tertiary/aromatic N) is 1. The van der Waals surface area contributed by atoms with Gasteiger partial charge in [0.2, 0.25) is 0 Å². The fourth-order valence-electron chi connectivity index (χ4n) is 2.41. The number of hydrogen-bond donors (Lipinski definition) is 2. The summed E-state index contributed by atoms with van der Waals surface area (Å²) >= 11 is 1.62. The molecule has 1 aromatic heterocycles. The number of thiazole rings is 1. The van der Waals surface area contributed by atoms with Gasteiger partial charge in [0.15, 0.2) is 0 Å². The number of hydrogen-bond acceptors (Lipinski definition) is 5. The van der Waals surface area contributed by atoms with E-state index in [4.69, 9.17) is 10.5 Å². The Bertz CT molecular complexity index is 640. The summed E-state index contributed by atoms with van der Waals surface area (Å²) in [6.07, 6.45) is 1.21. The molecule has 0 bridgehead atoms. The van der Waals surface area contributed by atoms with E-state index in [0.717, 1.165) is 33.8 Å². The first-order chi connectivity index (χ1) is 9.65. The van der Waals surface area contributed by atoms with E-state index in [1.165, 1.54) is 0 Å². The summed E-state index contributed by atoms with van der Waals surface area (Å²) in [5, 5.41) is 3.93. The number of aromatic nitrogens is 1. The van der Waals surface area contributed by atoms with Gasteiger partial charge in [-0.3, -0.25) is 4.79 Å². The van der Waals surface area contributed by atoms with Crippen LogP contribution in [0.3, 0.4) is 0 Å². The van der Waals surface area contributed by atoms with E-state index < -0.39 is 0 Å². The van der Waals surface area contributed by atoms with Crippen molar-refractivity contribution in [1.29, 1.82) is 0 Å². The molecule has 0 radical (unpaired) electrons. The van der Waals surface area contributed by atoms with Gasteiger partial charge in [-0.25, -0.2) is 4.98 Å². The Balaban J connectivity index is 1.71. The maximum absolute atomic E-state index is 12.1. The maximum atomic E-state index is 12.1. The number of amides is 1. The second-order valence-electron chi connectivity index (χ2n) is 4.96.